The lowest BCUT2D eigenvalue weighted by molar-refractivity contribution is 0.0834. The molecule has 0 saturated heterocycles. The maximum Gasteiger partial charge on any atom is 0.240 e. The molecule has 0 aliphatic heterocycles. The molecule has 20 heavy (non-hydrogen) atoms. The second kappa shape index (κ2) is 7.38. The van der Waals surface area contributed by atoms with Crippen LogP contribution in [0.25, 0.3) is 0 Å². The van der Waals surface area contributed by atoms with Crippen LogP contribution in [-0.2, 0) is 21.4 Å². The van der Waals surface area contributed by atoms with Gasteiger partial charge in [0.25, 0.3) is 0 Å². The number of nitrogens with one attached hydrogen (secondary N) is 1. The molecule has 0 amide bonds. The standard InChI is InChI=1S/C13H20ClNO4S/c1-9(2)19-5-4-15-20(17,18)13-7-12(14)6-11(8-16)10(13)3/h6-7,9,15-16H,4-5,8H2,1-3H3. The molecule has 7 heteroatoms. The molecule has 0 aliphatic rings. The van der Waals surface area contributed by atoms with Gasteiger partial charge in [0.1, 0.15) is 0 Å². The van der Waals surface area contributed by atoms with Crippen LogP contribution in [0.4, 0.5) is 0 Å². The zero-order valence-corrected chi connectivity index (χ0v) is 13.4. The van der Waals surface area contributed by atoms with Crippen molar-refractivity contribution in [1.29, 1.82) is 0 Å². The fourth-order valence-electron chi connectivity index (χ4n) is 1.70. The number of halogens is 1. The predicted octanol–water partition coefficient (Wildman–Crippen LogP) is 1.84. The van der Waals surface area contributed by atoms with Crippen molar-refractivity contribution in [3.8, 4) is 0 Å². The first kappa shape index (κ1) is 17.4. The molecule has 0 heterocycles. The van der Waals surface area contributed by atoms with Crippen LogP contribution in [0.5, 0.6) is 0 Å². The Labute approximate surface area is 125 Å². The predicted molar refractivity (Wildman–Crippen MR) is 78.4 cm³/mol. The van der Waals surface area contributed by atoms with Crippen LogP contribution in [0.15, 0.2) is 17.0 Å². The summed E-state index contributed by atoms with van der Waals surface area (Å²) in [5.74, 6) is 0. The highest BCUT2D eigenvalue weighted by molar-refractivity contribution is 7.89. The molecular formula is C13H20ClNO4S. The molecule has 0 atom stereocenters. The summed E-state index contributed by atoms with van der Waals surface area (Å²) in [5, 5.41) is 9.49. The van der Waals surface area contributed by atoms with E-state index in [2.05, 4.69) is 4.72 Å². The summed E-state index contributed by atoms with van der Waals surface area (Å²) in [5.41, 5.74) is 0.991. The van der Waals surface area contributed by atoms with Gasteiger partial charge in [0.05, 0.1) is 24.2 Å². The van der Waals surface area contributed by atoms with E-state index in [1.807, 2.05) is 13.8 Å². The summed E-state index contributed by atoms with van der Waals surface area (Å²) >= 11 is 5.88. The molecule has 0 bridgehead atoms. The zero-order chi connectivity index (χ0) is 15.3. The van der Waals surface area contributed by atoms with E-state index in [9.17, 15) is 13.5 Å². The van der Waals surface area contributed by atoms with Gasteiger partial charge in [-0.25, -0.2) is 13.1 Å². The summed E-state index contributed by atoms with van der Waals surface area (Å²) in [4.78, 5) is 0.0820. The van der Waals surface area contributed by atoms with Crippen molar-refractivity contribution in [3.63, 3.8) is 0 Å². The maximum atomic E-state index is 12.2. The smallest absolute Gasteiger partial charge is 0.240 e. The summed E-state index contributed by atoms with van der Waals surface area (Å²) in [6, 6.07) is 2.93. The minimum Gasteiger partial charge on any atom is -0.392 e. The average Bonchev–Trinajstić information content (AvgIpc) is 2.36. The van der Waals surface area contributed by atoms with Gasteiger partial charge in [0, 0.05) is 11.6 Å². The summed E-state index contributed by atoms with van der Waals surface area (Å²) in [7, 11) is -3.67. The lowest BCUT2D eigenvalue weighted by atomic mass is 10.1. The van der Waals surface area contributed by atoms with Gasteiger partial charge in [-0.1, -0.05) is 11.6 Å². The van der Waals surface area contributed by atoms with E-state index in [0.717, 1.165) is 0 Å². The first-order chi connectivity index (χ1) is 9.27. The van der Waals surface area contributed by atoms with Gasteiger partial charge in [-0.2, -0.15) is 0 Å². The molecule has 1 aromatic carbocycles. The van der Waals surface area contributed by atoms with Gasteiger partial charge in [-0.15, -0.1) is 0 Å². The van der Waals surface area contributed by atoms with Gasteiger partial charge >= 0.3 is 0 Å². The minimum atomic E-state index is -3.67. The third-order valence-electron chi connectivity index (χ3n) is 2.74. The molecule has 0 radical (unpaired) electrons. The Morgan fingerprint density at radius 1 is 1.40 bits per heavy atom. The fraction of sp³-hybridized carbons (Fsp3) is 0.538. The lowest BCUT2D eigenvalue weighted by Crippen LogP contribution is -2.29. The van der Waals surface area contributed by atoms with Gasteiger partial charge in [-0.05, 0) is 44.0 Å². The second-order valence-corrected chi connectivity index (χ2v) is 6.84. The van der Waals surface area contributed by atoms with Crippen LogP contribution in [0.1, 0.15) is 25.0 Å². The van der Waals surface area contributed by atoms with Crippen molar-refractivity contribution < 1.29 is 18.3 Å². The average molecular weight is 322 g/mol. The molecule has 114 valence electrons. The van der Waals surface area contributed by atoms with Gasteiger partial charge < -0.3 is 9.84 Å². The highest BCUT2D eigenvalue weighted by Gasteiger charge is 2.19. The highest BCUT2D eigenvalue weighted by Crippen LogP contribution is 2.24. The molecule has 1 rings (SSSR count). The Hall–Kier alpha value is -0.660. The molecule has 0 fully saturated rings. The van der Waals surface area contributed by atoms with Crippen LogP contribution in [0.2, 0.25) is 5.02 Å². The van der Waals surface area contributed by atoms with Gasteiger partial charge in [0.15, 0.2) is 0 Å². The van der Waals surface area contributed by atoms with Crippen LogP contribution < -0.4 is 4.72 Å². The SMILES string of the molecule is Cc1c(CO)cc(Cl)cc1S(=O)(=O)NCCOC(C)C. The Morgan fingerprint density at radius 3 is 2.60 bits per heavy atom. The zero-order valence-electron chi connectivity index (χ0n) is 11.8. The molecular weight excluding hydrogens is 302 g/mol. The topological polar surface area (TPSA) is 75.6 Å². The Balaban J connectivity index is 2.90. The molecule has 0 unspecified atom stereocenters. The second-order valence-electron chi connectivity index (χ2n) is 4.66. The van der Waals surface area contributed by atoms with E-state index in [4.69, 9.17) is 16.3 Å². The van der Waals surface area contributed by atoms with E-state index in [1.165, 1.54) is 6.07 Å². The highest BCUT2D eigenvalue weighted by atomic mass is 35.5. The van der Waals surface area contributed by atoms with Crippen LogP contribution in [0.3, 0.4) is 0 Å². The Morgan fingerprint density at radius 2 is 2.05 bits per heavy atom. The van der Waals surface area contributed by atoms with E-state index in [-0.39, 0.29) is 29.2 Å². The number of rotatable bonds is 7. The number of hydrogen-bond acceptors (Lipinski definition) is 4. The third kappa shape index (κ3) is 4.71. The van der Waals surface area contributed by atoms with E-state index < -0.39 is 10.0 Å². The van der Waals surface area contributed by atoms with E-state index in [0.29, 0.717) is 17.7 Å². The number of sulfonamides is 1. The molecule has 2 N–H and O–H groups in total. The van der Waals surface area contributed by atoms with Crippen molar-refractivity contribution in [2.75, 3.05) is 13.2 Å². The van der Waals surface area contributed by atoms with Gasteiger partial charge in [0.2, 0.25) is 10.0 Å². The lowest BCUT2D eigenvalue weighted by Gasteiger charge is -2.13. The number of hydrogen-bond donors (Lipinski definition) is 2. The van der Waals surface area contributed by atoms with E-state index >= 15 is 0 Å². The normalized spacial score (nSPS) is 12.1. The van der Waals surface area contributed by atoms with Crippen molar-refractivity contribution >= 4 is 21.6 Å². The quantitative estimate of drug-likeness (QED) is 0.751. The largest absolute Gasteiger partial charge is 0.392 e. The van der Waals surface area contributed by atoms with Crippen molar-refractivity contribution in [1.82, 2.24) is 4.72 Å². The van der Waals surface area contributed by atoms with Crippen LogP contribution in [0, 0.1) is 6.92 Å². The first-order valence-electron chi connectivity index (χ1n) is 6.29. The number of benzene rings is 1. The van der Waals surface area contributed by atoms with E-state index in [1.54, 1.807) is 13.0 Å². The Kier molecular flexibility index (Phi) is 6.42. The maximum absolute atomic E-state index is 12.2. The van der Waals surface area contributed by atoms with Crippen LogP contribution in [-0.4, -0.2) is 32.8 Å². The summed E-state index contributed by atoms with van der Waals surface area (Å²) in [6.45, 7) is 5.61. The van der Waals surface area contributed by atoms with Gasteiger partial charge in [-0.3, -0.25) is 0 Å². The number of aliphatic hydroxyl groups excluding tert-OH is 1. The third-order valence-corrected chi connectivity index (χ3v) is 4.54. The molecule has 0 aromatic heterocycles. The van der Waals surface area contributed by atoms with Crippen molar-refractivity contribution in [2.24, 2.45) is 0 Å². The minimum absolute atomic E-state index is 0.0494. The first-order valence-corrected chi connectivity index (χ1v) is 8.15. The number of ether oxygens (including phenoxy) is 1. The summed E-state index contributed by atoms with van der Waals surface area (Å²) in [6.07, 6.45) is 0.0494. The monoisotopic (exact) mass is 321 g/mol. The Bertz CT molecular complexity index is 558. The van der Waals surface area contributed by atoms with Crippen molar-refractivity contribution in [3.05, 3.63) is 28.3 Å². The van der Waals surface area contributed by atoms with Crippen LogP contribution >= 0.6 is 11.6 Å². The molecule has 1 aromatic rings. The molecule has 0 aliphatic carbocycles. The van der Waals surface area contributed by atoms with Crippen molar-refractivity contribution in [2.45, 2.75) is 38.4 Å². The fourth-order valence-corrected chi connectivity index (χ4v) is 3.33. The molecule has 0 saturated carbocycles. The molecule has 5 nitrogen and oxygen atoms in total. The summed E-state index contributed by atoms with van der Waals surface area (Å²) < 4.78 is 32.2. The molecule has 0 spiro atoms. The number of aliphatic hydroxyl groups is 1.